The van der Waals surface area contributed by atoms with Gasteiger partial charge in [-0.1, -0.05) is 30.3 Å². The number of aryl methyl sites for hydroxylation is 1. The Morgan fingerprint density at radius 3 is 2.20 bits per heavy atom. The smallest absolute Gasteiger partial charge is 0.227 e. The van der Waals surface area contributed by atoms with Gasteiger partial charge in [-0.25, -0.2) is 0 Å². The summed E-state index contributed by atoms with van der Waals surface area (Å²) in [5, 5.41) is 0. The predicted molar refractivity (Wildman–Crippen MR) is 97.5 cm³/mol. The van der Waals surface area contributed by atoms with E-state index in [1.807, 2.05) is 44.3 Å². The first-order valence-electron chi connectivity index (χ1n) is 8.08. The maximum Gasteiger partial charge on any atom is 0.227 e. The lowest BCUT2D eigenvalue weighted by molar-refractivity contribution is -0.129. The first-order valence-corrected chi connectivity index (χ1v) is 8.08. The third-order valence-electron chi connectivity index (χ3n) is 4.22. The number of hydrogen-bond donors (Lipinski definition) is 0. The maximum atomic E-state index is 12.6. The van der Waals surface area contributed by atoms with E-state index in [4.69, 9.17) is 14.2 Å². The SMILES string of the molecule is COc1ccc(CC(=O)N(C)Cc2ccccc2C)c(OC)c1OC. The summed E-state index contributed by atoms with van der Waals surface area (Å²) in [5.74, 6) is 1.61. The van der Waals surface area contributed by atoms with Gasteiger partial charge >= 0.3 is 0 Å². The van der Waals surface area contributed by atoms with Crippen LogP contribution >= 0.6 is 0 Å². The summed E-state index contributed by atoms with van der Waals surface area (Å²) in [4.78, 5) is 14.4. The molecule has 2 aromatic rings. The molecule has 2 rings (SSSR count). The Morgan fingerprint density at radius 1 is 0.920 bits per heavy atom. The Morgan fingerprint density at radius 2 is 1.60 bits per heavy atom. The van der Waals surface area contributed by atoms with Gasteiger partial charge in [0.25, 0.3) is 0 Å². The zero-order chi connectivity index (χ0) is 18.4. The van der Waals surface area contributed by atoms with Crippen LogP contribution in [0.2, 0.25) is 0 Å². The molecule has 0 radical (unpaired) electrons. The van der Waals surface area contributed by atoms with Crippen LogP contribution in [0.5, 0.6) is 17.2 Å². The number of carbonyl (C=O) groups is 1. The number of ether oxygens (including phenoxy) is 3. The summed E-state index contributed by atoms with van der Waals surface area (Å²) in [6.07, 6.45) is 0.228. The van der Waals surface area contributed by atoms with Gasteiger partial charge in [0.05, 0.1) is 27.8 Å². The zero-order valence-corrected chi connectivity index (χ0v) is 15.5. The lowest BCUT2D eigenvalue weighted by Gasteiger charge is -2.20. The largest absolute Gasteiger partial charge is 0.493 e. The highest BCUT2D eigenvalue weighted by Crippen LogP contribution is 2.40. The van der Waals surface area contributed by atoms with Gasteiger partial charge < -0.3 is 19.1 Å². The highest BCUT2D eigenvalue weighted by atomic mass is 16.5. The van der Waals surface area contributed by atoms with Crippen molar-refractivity contribution >= 4 is 5.91 Å². The second-order valence-electron chi connectivity index (χ2n) is 5.85. The Labute approximate surface area is 149 Å². The number of hydrogen-bond acceptors (Lipinski definition) is 4. The van der Waals surface area contributed by atoms with E-state index >= 15 is 0 Å². The van der Waals surface area contributed by atoms with Gasteiger partial charge in [-0.05, 0) is 24.1 Å². The van der Waals surface area contributed by atoms with Gasteiger partial charge in [0, 0.05) is 19.2 Å². The molecule has 0 aliphatic rings. The van der Waals surface area contributed by atoms with E-state index in [1.165, 1.54) is 5.56 Å². The normalized spacial score (nSPS) is 10.3. The second-order valence-corrected chi connectivity index (χ2v) is 5.85. The summed E-state index contributed by atoms with van der Waals surface area (Å²) < 4.78 is 16.1. The molecule has 0 heterocycles. The van der Waals surface area contributed by atoms with Crippen molar-refractivity contribution < 1.29 is 19.0 Å². The predicted octanol–water partition coefficient (Wildman–Crippen LogP) is 3.22. The minimum absolute atomic E-state index is 0.00812. The van der Waals surface area contributed by atoms with Gasteiger partial charge in [0.1, 0.15) is 0 Å². The first kappa shape index (κ1) is 18.6. The van der Waals surface area contributed by atoms with E-state index in [1.54, 1.807) is 32.3 Å². The third kappa shape index (κ3) is 4.24. The molecule has 25 heavy (non-hydrogen) atoms. The molecule has 0 unspecified atom stereocenters. The van der Waals surface area contributed by atoms with Crippen molar-refractivity contribution in [2.75, 3.05) is 28.4 Å². The number of carbonyl (C=O) groups excluding carboxylic acids is 1. The Hall–Kier alpha value is -2.69. The Balaban J connectivity index is 2.18. The van der Waals surface area contributed by atoms with E-state index in [2.05, 4.69) is 0 Å². The summed E-state index contributed by atoms with van der Waals surface area (Å²) in [6.45, 7) is 2.62. The minimum atomic E-state index is 0.00812. The zero-order valence-electron chi connectivity index (χ0n) is 15.5. The average Bonchev–Trinajstić information content (AvgIpc) is 2.62. The van der Waals surface area contributed by atoms with Crippen molar-refractivity contribution in [3.05, 3.63) is 53.1 Å². The lowest BCUT2D eigenvalue weighted by atomic mass is 10.1. The van der Waals surface area contributed by atoms with Gasteiger partial charge in [0.2, 0.25) is 11.7 Å². The monoisotopic (exact) mass is 343 g/mol. The Bertz CT molecular complexity index is 742. The average molecular weight is 343 g/mol. The van der Waals surface area contributed by atoms with E-state index in [9.17, 15) is 4.79 Å². The third-order valence-corrected chi connectivity index (χ3v) is 4.22. The number of nitrogens with zero attached hydrogens (tertiary/aromatic N) is 1. The Kier molecular flexibility index (Phi) is 6.28. The van der Waals surface area contributed by atoms with Crippen molar-refractivity contribution in [1.82, 2.24) is 4.90 Å². The minimum Gasteiger partial charge on any atom is -0.493 e. The number of amides is 1. The molecule has 0 aliphatic heterocycles. The molecule has 2 aromatic carbocycles. The topological polar surface area (TPSA) is 48.0 Å². The number of benzene rings is 2. The van der Waals surface area contributed by atoms with Crippen LogP contribution in [0.4, 0.5) is 0 Å². The van der Waals surface area contributed by atoms with Crippen LogP contribution in [0, 0.1) is 6.92 Å². The molecule has 1 amide bonds. The van der Waals surface area contributed by atoms with Crippen molar-refractivity contribution in [3.8, 4) is 17.2 Å². The molecule has 0 aliphatic carbocycles. The summed E-state index contributed by atoms with van der Waals surface area (Å²) in [7, 11) is 6.48. The fourth-order valence-corrected chi connectivity index (χ4v) is 2.73. The molecule has 5 nitrogen and oxygen atoms in total. The van der Waals surface area contributed by atoms with Crippen LogP contribution in [0.3, 0.4) is 0 Å². The van der Waals surface area contributed by atoms with Crippen molar-refractivity contribution in [3.63, 3.8) is 0 Å². The molecule has 0 bridgehead atoms. The molecule has 5 heteroatoms. The van der Waals surface area contributed by atoms with E-state index in [0.717, 1.165) is 11.1 Å². The van der Waals surface area contributed by atoms with E-state index in [0.29, 0.717) is 23.8 Å². The van der Waals surface area contributed by atoms with Gasteiger partial charge in [-0.15, -0.1) is 0 Å². The molecule has 0 atom stereocenters. The highest BCUT2D eigenvalue weighted by Gasteiger charge is 2.19. The molecule has 0 saturated carbocycles. The summed E-state index contributed by atoms with van der Waals surface area (Å²) in [5.41, 5.74) is 3.07. The number of likely N-dealkylation sites (N-methyl/N-ethyl adjacent to an activating group) is 1. The maximum absolute atomic E-state index is 12.6. The van der Waals surface area contributed by atoms with Crippen molar-refractivity contribution in [2.45, 2.75) is 19.9 Å². The van der Waals surface area contributed by atoms with Crippen LogP contribution < -0.4 is 14.2 Å². The van der Waals surface area contributed by atoms with Gasteiger partial charge in [-0.2, -0.15) is 0 Å². The van der Waals surface area contributed by atoms with Crippen LogP contribution in [0.25, 0.3) is 0 Å². The quantitative estimate of drug-likeness (QED) is 0.774. The van der Waals surface area contributed by atoms with Crippen LogP contribution in [0.15, 0.2) is 36.4 Å². The molecule has 134 valence electrons. The molecule has 0 fully saturated rings. The van der Waals surface area contributed by atoms with Crippen molar-refractivity contribution in [1.29, 1.82) is 0 Å². The molecule has 0 spiro atoms. The lowest BCUT2D eigenvalue weighted by Crippen LogP contribution is -2.28. The van der Waals surface area contributed by atoms with Crippen molar-refractivity contribution in [2.24, 2.45) is 0 Å². The van der Waals surface area contributed by atoms with Crippen LogP contribution in [-0.2, 0) is 17.8 Å². The fraction of sp³-hybridized carbons (Fsp3) is 0.350. The number of rotatable bonds is 7. The van der Waals surface area contributed by atoms with Crippen LogP contribution in [-0.4, -0.2) is 39.2 Å². The van der Waals surface area contributed by atoms with E-state index < -0.39 is 0 Å². The molecule has 0 N–H and O–H groups in total. The standard InChI is InChI=1S/C20H25NO4/c1-14-8-6-7-9-16(14)13-21(2)18(22)12-15-10-11-17(23-3)20(25-5)19(15)24-4/h6-11H,12-13H2,1-5H3. The summed E-state index contributed by atoms with van der Waals surface area (Å²) >= 11 is 0. The number of methoxy groups -OCH3 is 3. The molecular weight excluding hydrogens is 318 g/mol. The first-order chi connectivity index (χ1) is 12.0. The fourth-order valence-electron chi connectivity index (χ4n) is 2.73. The second kappa shape index (κ2) is 8.42. The highest BCUT2D eigenvalue weighted by molar-refractivity contribution is 5.80. The molecule has 0 saturated heterocycles. The van der Waals surface area contributed by atoms with E-state index in [-0.39, 0.29) is 12.3 Å². The summed E-state index contributed by atoms with van der Waals surface area (Å²) in [6, 6.07) is 11.7. The van der Waals surface area contributed by atoms with Gasteiger partial charge in [0.15, 0.2) is 11.5 Å². The molecular formula is C20H25NO4. The molecule has 0 aromatic heterocycles. The van der Waals surface area contributed by atoms with Crippen LogP contribution in [0.1, 0.15) is 16.7 Å². The van der Waals surface area contributed by atoms with Gasteiger partial charge in [-0.3, -0.25) is 4.79 Å².